The van der Waals surface area contributed by atoms with Crippen molar-refractivity contribution in [1.29, 1.82) is 0 Å². The van der Waals surface area contributed by atoms with Gasteiger partial charge in [-0.2, -0.15) is 0 Å². The van der Waals surface area contributed by atoms with Crippen LogP contribution in [0.3, 0.4) is 0 Å². The van der Waals surface area contributed by atoms with Crippen molar-refractivity contribution in [3.8, 4) is 5.75 Å². The topological polar surface area (TPSA) is 459 Å². The van der Waals surface area contributed by atoms with Crippen molar-refractivity contribution >= 4 is 5.69 Å². The number of nitro groups is 1. The van der Waals surface area contributed by atoms with Crippen LogP contribution in [0.5, 0.6) is 5.75 Å². The molecule has 25 atom stereocenters. The zero-order chi connectivity index (χ0) is 47.6. The monoisotopic (exact) mass is 949 g/mol. The molecule has 0 saturated carbocycles. The Bertz CT molecular complexity index is 1640. The molecule has 1 aromatic carbocycles. The number of rotatable bonds is 16. The van der Waals surface area contributed by atoms with Crippen LogP contribution in [0, 0.1) is 10.1 Å². The lowest BCUT2D eigenvalue weighted by Gasteiger charge is -2.49. The minimum absolute atomic E-state index is 0.0196. The minimum atomic E-state index is -2.15. The standard InChI is InChI=1S/C36H55NO28/c38-5-12-17(43)18(44)23(49)33(57-12)62-29-14(7-40)59-35(25(51)20(29)46)64-31-16(9-42)61-36(27(53)22(31)48)65-30-15(8-41)60-34(26(52)21(30)47)63-28-13(6-39)58-32(24(50)19(28)45)56-11-3-1-10(2-4-11)37(54)55/h1-4,12-36,38-53H,5-9H2/t12?,13?,14?,15?,16?,17-,18-,19+,20+,21+,22+,23+,24+,25+,26+,27+,28-,29-,30-,31-,32?,33?,34?,35?,36?/m1/s1. The van der Waals surface area contributed by atoms with Gasteiger partial charge < -0.3 is 129 Å². The molecule has 0 aliphatic carbocycles. The molecule has 5 fully saturated rings. The van der Waals surface area contributed by atoms with Crippen molar-refractivity contribution in [2.24, 2.45) is 0 Å². The van der Waals surface area contributed by atoms with Crippen LogP contribution in [0.1, 0.15) is 0 Å². The van der Waals surface area contributed by atoms with Gasteiger partial charge in [0.05, 0.1) is 38.0 Å². The second-order valence-electron chi connectivity index (χ2n) is 15.8. The van der Waals surface area contributed by atoms with E-state index < -0.39 is 191 Å². The van der Waals surface area contributed by atoms with Crippen LogP contribution in [-0.4, -0.2) is 273 Å². The molecule has 0 amide bonds. The number of ether oxygens (including phenoxy) is 10. The molecule has 16 N–H and O–H groups in total. The molecule has 0 radical (unpaired) electrons. The zero-order valence-electron chi connectivity index (χ0n) is 33.8. The van der Waals surface area contributed by atoms with E-state index in [0.717, 1.165) is 12.1 Å². The summed E-state index contributed by atoms with van der Waals surface area (Å²) < 4.78 is 55.6. The number of benzene rings is 1. The molecule has 5 aliphatic rings. The summed E-state index contributed by atoms with van der Waals surface area (Å²) in [5.41, 5.74) is -0.267. The van der Waals surface area contributed by atoms with E-state index >= 15 is 0 Å². The Hall–Kier alpha value is -2.58. The van der Waals surface area contributed by atoms with E-state index in [-0.39, 0.29) is 11.4 Å². The summed E-state index contributed by atoms with van der Waals surface area (Å²) in [5.74, 6) is -0.0196. The third kappa shape index (κ3) is 10.8. The van der Waals surface area contributed by atoms with Crippen molar-refractivity contribution in [2.75, 3.05) is 33.0 Å². The Balaban J connectivity index is 1.07. The second kappa shape index (κ2) is 22.2. The van der Waals surface area contributed by atoms with Gasteiger partial charge in [0, 0.05) is 12.1 Å². The average Bonchev–Trinajstić information content (AvgIpc) is 3.30. The number of aliphatic hydroxyl groups excluding tert-OH is 16. The van der Waals surface area contributed by atoms with Crippen molar-refractivity contribution in [1.82, 2.24) is 0 Å². The van der Waals surface area contributed by atoms with Gasteiger partial charge in [-0.05, 0) is 12.1 Å². The molecule has 1 aromatic rings. The van der Waals surface area contributed by atoms with E-state index in [2.05, 4.69) is 0 Å². The summed E-state index contributed by atoms with van der Waals surface area (Å²) in [7, 11) is 0. The Morgan fingerprint density at radius 3 is 0.985 bits per heavy atom. The van der Waals surface area contributed by atoms with Gasteiger partial charge in [-0.25, -0.2) is 0 Å². The van der Waals surface area contributed by atoms with Crippen molar-refractivity contribution in [3.63, 3.8) is 0 Å². The van der Waals surface area contributed by atoms with E-state index in [1.54, 1.807) is 0 Å². The molecule has 10 unspecified atom stereocenters. The van der Waals surface area contributed by atoms with Gasteiger partial charge in [0.2, 0.25) is 6.29 Å². The maximum atomic E-state index is 11.2. The summed E-state index contributed by atoms with van der Waals surface area (Å²) in [6.45, 7) is -4.63. The van der Waals surface area contributed by atoms with Gasteiger partial charge in [0.25, 0.3) is 5.69 Å². The van der Waals surface area contributed by atoms with Crippen LogP contribution in [0.2, 0.25) is 0 Å². The van der Waals surface area contributed by atoms with Crippen molar-refractivity contribution in [2.45, 2.75) is 154 Å². The quantitative estimate of drug-likeness (QED) is 0.0540. The molecule has 5 aliphatic heterocycles. The lowest BCUT2D eigenvalue weighted by Crippen LogP contribution is -2.68. The summed E-state index contributed by atoms with van der Waals surface area (Å²) in [5, 5.41) is 180. The molecule has 65 heavy (non-hydrogen) atoms. The van der Waals surface area contributed by atoms with Gasteiger partial charge in [0.1, 0.15) is 128 Å². The van der Waals surface area contributed by atoms with Gasteiger partial charge >= 0.3 is 0 Å². The SMILES string of the molecule is O=[N+]([O-])c1ccc(OC2OC(CO)[C@@H](OC3OC(CO)[C@@H](OC4OC(CO)[C@@H](OC5OC(CO)[C@@H](OC6OC(CO)[C@@H](O)[C@@H](O)[C@@H]6O)[C@@H](O)[C@@H]5O)[C@@H](O)[C@@H]4O)[C@@H](O)[C@@H]3O)[C@@H](O)[C@@H]2O)cc1. The van der Waals surface area contributed by atoms with Gasteiger partial charge in [0.15, 0.2) is 25.2 Å². The van der Waals surface area contributed by atoms with Crippen molar-refractivity contribution in [3.05, 3.63) is 34.4 Å². The average molecular weight is 950 g/mol. The maximum absolute atomic E-state index is 11.2. The highest BCUT2D eigenvalue weighted by molar-refractivity contribution is 5.36. The van der Waals surface area contributed by atoms with Gasteiger partial charge in [-0.1, -0.05) is 0 Å². The number of aliphatic hydroxyl groups is 16. The molecule has 29 nitrogen and oxygen atoms in total. The first-order valence-electron chi connectivity index (χ1n) is 20.2. The first-order valence-corrected chi connectivity index (χ1v) is 20.2. The largest absolute Gasteiger partial charge is 0.462 e. The lowest BCUT2D eigenvalue weighted by atomic mass is 9.95. The highest BCUT2D eigenvalue weighted by Gasteiger charge is 2.56. The Morgan fingerprint density at radius 1 is 0.400 bits per heavy atom. The van der Waals surface area contributed by atoms with Crippen LogP contribution in [-0.2, 0) is 42.6 Å². The molecule has 372 valence electrons. The van der Waals surface area contributed by atoms with Gasteiger partial charge in [-0.15, -0.1) is 0 Å². The van der Waals surface area contributed by atoms with E-state index in [9.17, 15) is 91.8 Å². The molecular weight excluding hydrogens is 894 g/mol. The fraction of sp³-hybridized carbons (Fsp3) is 0.833. The van der Waals surface area contributed by atoms with E-state index in [4.69, 9.17) is 47.4 Å². The van der Waals surface area contributed by atoms with Crippen LogP contribution < -0.4 is 4.74 Å². The van der Waals surface area contributed by atoms with Crippen LogP contribution in [0.15, 0.2) is 24.3 Å². The minimum Gasteiger partial charge on any atom is -0.462 e. The Labute approximate surface area is 366 Å². The first-order chi connectivity index (χ1) is 30.9. The Kier molecular flexibility index (Phi) is 17.7. The Morgan fingerprint density at radius 2 is 0.677 bits per heavy atom. The second-order valence-corrected chi connectivity index (χ2v) is 15.8. The first kappa shape index (κ1) is 51.8. The summed E-state index contributed by atoms with van der Waals surface area (Å²) in [6.07, 6.45) is -46.2. The van der Waals surface area contributed by atoms with Gasteiger partial charge in [-0.3, -0.25) is 10.1 Å². The highest BCUT2D eigenvalue weighted by atomic mass is 16.8. The van der Waals surface area contributed by atoms with Crippen LogP contribution in [0.25, 0.3) is 0 Å². The van der Waals surface area contributed by atoms with Crippen LogP contribution in [0.4, 0.5) is 5.69 Å². The molecule has 0 bridgehead atoms. The molecular formula is C36H55NO28. The molecule has 29 heteroatoms. The lowest BCUT2D eigenvalue weighted by molar-refractivity contribution is -0.392. The van der Waals surface area contributed by atoms with E-state index in [1.165, 1.54) is 12.1 Å². The molecule has 0 spiro atoms. The number of hydrogen-bond acceptors (Lipinski definition) is 28. The fourth-order valence-electron chi connectivity index (χ4n) is 7.90. The zero-order valence-corrected chi connectivity index (χ0v) is 33.8. The summed E-state index contributed by atoms with van der Waals surface area (Å²) in [6, 6.07) is 4.59. The number of hydrogen-bond donors (Lipinski definition) is 16. The summed E-state index contributed by atoms with van der Waals surface area (Å²) in [4.78, 5) is 10.3. The molecule has 5 saturated heterocycles. The normalized spacial score (nSPS) is 47.3. The van der Waals surface area contributed by atoms with E-state index in [1.807, 2.05) is 0 Å². The fourth-order valence-corrected chi connectivity index (χ4v) is 7.90. The number of non-ortho nitro benzene ring substituents is 1. The predicted octanol–water partition coefficient (Wildman–Crippen LogP) is -9.93. The highest BCUT2D eigenvalue weighted by Crippen LogP contribution is 2.36. The molecule has 0 aromatic heterocycles. The number of nitro benzene ring substituents is 1. The smallest absolute Gasteiger partial charge is 0.269 e. The van der Waals surface area contributed by atoms with Crippen LogP contribution >= 0.6 is 0 Å². The number of nitrogens with zero attached hydrogens (tertiary/aromatic N) is 1. The molecule has 6 rings (SSSR count). The molecule has 5 heterocycles. The third-order valence-electron chi connectivity index (χ3n) is 11.6. The van der Waals surface area contributed by atoms with Crippen molar-refractivity contribution < 1.29 is 134 Å². The maximum Gasteiger partial charge on any atom is 0.269 e. The summed E-state index contributed by atoms with van der Waals surface area (Å²) >= 11 is 0. The third-order valence-corrected chi connectivity index (χ3v) is 11.6. The predicted molar refractivity (Wildman–Crippen MR) is 198 cm³/mol. The van der Waals surface area contributed by atoms with E-state index in [0.29, 0.717) is 0 Å².